The molecule has 7 heteroatoms. The van der Waals surface area contributed by atoms with Crippen LogP contribution in [0.5, 0.6) is 11.5 Å². The lowest BCUT2D eigenvalue weighted by Gasteiger charge is -2.06. The molecule has 24 heavy (non-hydrogen) atoms. The van der Waals surface area contributed by atoms with Gasteiger partial charge in [0.25, 0.3) is 0 Å². The average Bonchev–Trinajstić information content (AvgIpc) is 3.06. The van der Waals surface area contributed by atoms with Crippen molar-refractivity contribution in [3.05, 3.63) is 72.6 Å². The van der Waals surface area contributed by atoms with E-state index in [2.05, 4.69) is 5.10 Å². The Hall–Kier alpha value is -2.80. The number of aromatic nitrogens is 2. The van der Waals surface area contributed by atoms with Crippen molar-refractivity contribution < 1.29 is 17.3 Å². The number of nitrogens with zero attached hydrogens (tertiary/aromatic N) is 2. The van der Waals surface area contributed by atoms with E-state index in [9.17, 15) is 8.42 Å². The van der Waals surface area contributed by atoms with Crippen molar-refractivity contribution in [3.8, 4) is 11.5 Å². The third kappa shape index (κ3) is 3.75. The summed E-state index contributed by atoms with van der Waals surface area (Å²) < 4.78 is 36.3. The molecule has 0 unspecified atom stereocenters. The molecule has 6 nitrogen and oxygen atoms in total. The molecule has 0 radical (unpaired) electrons. The average molecular weight is 344 g/mol. The van der Waals surface area contributed by atoms with Crippen LogP contribution in [0.3, 0.4) is 0 Å². The molecule has 0 saturated carbocycles. The maximum absolute atomic E-state index is 12.3. The minimum atomic E-state index is -3.93. The summed E-state index contributed by atoms with van der Waals surface area (Å²) in [5.41, 5.74) is 1.03. The van der Waals surface area contributed by atoms with Gasteiger partial charge in [-0.1, -0.05) is 30.3 Å². The van der Waals surface area contributed by atoms with Crippen LogP contribution < -0.4 is 8.92 Å². The largest absolute Gasteiger partial charge is 0.497 e. The van der Waals surface area contributed by atoms with Crippen molar-refractivity contribution in [1.82, 2.24) is 9.78 Å². The lowest BCUT2D eigenvalue weighted by molar-refractivity contribution is 0.413. The molecule has 1 heterocycles. The highest BCUT2D eigenvalue weighted by molar-refractivity contribution is 7.87. The summed E-state index contributed by atoms with van der Waals surface area (Å²) >= 11 is 0. The third-order valence-electron chi connectivity index (χ3n) is 3.35. The van der Waals surface area contributed by atoms with E-state index in [0.717, 1.165) is 5.56 Å². The zero-order valence-electron chi connectivity index (χ0n) is 13.0. The molecule has 0 spiro atoms. The van der Waals surface area contributed by atoms with E-state index < -0.39 is 10.1 Å². The topological polar surface area (TPSA) is 70.4 Å². The molecule has 0 amide bonds. The highest BCUT2D eigenvalue weighted by atomic mass is 32.2. The predicted molar refractivity (Wildman–Crippen MR) is 88.6 cm³/mol. The molecule has 2 aromatic carbocycles. The molecule has 124 valence electrons. The number of benzene rings is 2. The Labute approximate surface area is 140 Å². The van der Waals surface area contributed by atoms with Gasteiger partial charge < -0.3 is 8.92 Å². The Morgan fingerprint density at radius 2 is 1.67 bits per heavy atom. The minimum absolute atomic E-state index is 0.00856. The van der Waals surface area contributed by atoms with Crippen LogP contribution in [0.2, 0.25) is 0 Å². The lowest BCUT2D eigenvalue weighted by Crippen LogP contribution is -2.09. The van der Waals surface area contributed by atoms with Gasteiger partial charge >= 0.3 is 10.1 Å². The van der Waals surface area contributed by atoms with Crippen molar-refractivity contribution in [3.63, 3.8) is 0 Å². The summed E-state index contributed by atoms with van der Waals surface area (Å²) in [4.78, 5) is 0.00856. The van der Waals surface area contributed by atoms with Crippen LogP contribution in [-0.4, -0.2) is 25.3 Å². The third-order valence-corrected chi connectivity index (χ3v) is 4.55. The van der Waals surface area contributed by atoms with Crippen molar-refractivity contribution in [2.45, 2.75) is 11.4 Å². The fourth-order valence-corrected chi connectivity index (χ4v) is 3.02. The van der Waals surface area contributed by atoms with Crippen LogP contribution in [0.4, 0.5) is 0 Å². The molecule has 0 saturated heterocycles. The van der Waals surface area contributed by atoms with Crippen LogP contribution in [0.15, 0.2) is 71.9 Å². The highest BCUT2D eigenvalue weighted by Crippen LogP contribution is 2.21. The first-order chi connectivity index (χ1) is 11.6. The molecule has 0 fully saturated rings. The summed E-state index contributed by atoms with van der Waals surface area (Å²) in [7, 11) is -2.39. The fraction of sp³-hybridized carbons (Fsp3) is 0.118. The van der Waals surface area contributed by atoms with Gasteiger partial charge in [0.2, 0.25) is 0 Å². The molecule has 3 aromatic rings. The first kappa shape index (κ1) is 16.1. The zero-order valence-corrected chi connectivity index (χ0v) is 13.8. The van der Waals surface area contributed by atoms with E-state index >= 15 is 0 Å². The van der Waals surface area contributed by atoms with Crippen LogP contribution in [-0.2, 0) is 16.7 Å². The van der Waals surface area contributed by atoms with Gasteiger partial charge in [0.05, 0.1) is 19.9 Å². The Bertz CT molecular complexity index is 903. The standard InChI is InChI=1S/C17H16N2O4S/c1-22-15-7-9-16(10-8-15)23-24(20,21)17-11-18-19(13-17)12-14-5-3-2-4-6-14/h2-11,13H,12H2,1H3. The van der Waals surface area contributed by atoms with Crippen molar-refractivity contribution in [2.75, 3.05) is 7.11 Å². The van der Waals surface area contributed by atoms with Crippen LogP contribution in [0.1, 0.15) is 5.56 Å². The molecule has 0 aliphatic carbocycles. The molecule has 0 aliphatic heterocycles. The van der Waals surface area contributed by atoms with Gasteiger partial charge in [-0.15, -0.1) is 0 Å². The number of methoxy groups -OCH3 is 1. The van der Waals surface area contributed by atoms with Crippen molar-refractivity contribution >= 4 is 10.1 Å². The van der Waals surface area contributed by atoms with Crippen molar-refractivity contribution in [2.24, 2.45) is 0 Å². The smallest absolute Gasteiger partial charge is 0.342 e. The second-order valence-corrected chi connectivity index (χ2v) is 6.62. The van der Waals surface area contributed by atoms with Crippen LogP contribution in [0, 0.1) is 0 Å². The summed E-state index contributed by atoms with van der Waals surface area (Å²) in [6.07, 6.45) is 2.73. The van der Waals surface area contributed by atoms with Gasteiger partial charge in [-0.3, -0.25) is 4.68 Å². The van der Waals surface area contributed by atoms with Crippen LogP contribution >= 0.6 is 0 Å². The fourth-order valence-electron chi connectivity index (χ4n) is 2.14. The number of hydrogen-bond acceptors (Lipinski definition) is 5. The number of ether oxygens (including phenoxy) is 1. The Balaban J connectivity index is 1.75. The van der Waals surface area contributed by atoms with E-state index in [1.165, 1.54) is 31.6 Å². The number of rotatable bonds is 6. The van der Waals surface area contributed by atoms with Gasteiger partial charge in [0, 0.05) is 6.20 Å². The van der Waals surface area contributed by atoms with Gasteiger partial charge in [-0.25, -0.2) is 0 Å². The van der Waals surface area contributed by atoms with E-state index in [0.29, 0.717) is 12.3 Å². The highest BCUT2D eigenvalue weighted by Gasteiger charge is 2.19. The molecule has 0 atom stereocenters. The van der Waals surface area contributed by atoms with Gasteiger partial charge in [0.1, 0.15) is 16.4 Å². The molecule has 0 aliphatic rings. The summed E-state index contributed by atoms with van der Waals surface area (Å²) in [6, 6.07) is 16.0. The van der Waals surface area contributed by atoms with Gasteiger partial charge in [-0.2, -0.15) is 13.5 Å². The second kappa shape index (κ2) is 6.76. The Morgan fingerprint density at radius 3 is 2.33 bits per heavy atom. The number of hydrogen-bond donors (Lipinski definition) is 0. The first-order valence-electron chi connectivity index (χ1n) is 7.22. The molecule has 1 aromatic heterocycles. The SMILES string of the molecule is COc1ccc(OS(=O)(=O)c2cnn(Cc3ccccc3)c2)cc1. The quantitative estimate of drug-likeness (QED) is 0.643. The minimum Gasteiger partial charge on any atom is -0.497 e. The lowest BCUT2D eigenvalue weighted by atomic mass is 10.2. The van der Waals surface area contributed by atoms with E-state index in [-0.39, 0.29) is 10.6 Å². The molecule has 3 rings (SSSR count). The molecule has 0 N–H and O–H groups in total. The van der Waals surface area contributed by atoms with E-state index in [1.807, 2.05) is 30.3 Å². The summed E-state index contributed by atoms with van der Waals surface area (Å²) in [5.74, 6) is 0.835. The van der Waals surface area contributed by atoms with Gasteiger partial charge in [-0.05, 0) is 29.8 Å². The Morgan fingerprint density at radius 1 is 1.00 bits per heavy atom. The maximum Gasteiger partial charge on any atom is 0.342 e. The maximum atomic E-state index is 12.3. The zero-order chi connectivity index (χ0) is 17.0. The first-order valence-corrected chi connectivity index (χ1v) is 8.62. The molecule has 0 bridgehead atoms. The van der Waals surface area contributed by atoms with Gasteiger partial charge in [0.15, 0.2) is 0 Å². The molecular weight excluding hydrogens is 328 g/mol. The van der Waals surface area contributed by atoms with E-state index in [1.54, 1.807) is 16.8 Å². The second-order valence-electron chi connectivity index (χ2n) is 5.07. The summed E-state index contributed by atoms with van der Waals surface area (Å²) in [5, 5.41) is 4.08. The monoisotopic (exact) mass is 344 g/mol. The predicted octanol–water partition coefficient (Wildman–Crippen LogP) is 2.71. The molecular formula is C17H16N2O4S. The van der Waals surface area contributed by atoms with Crippen LogP contribution in [0.25, 0.3) is 0 Å². The summed E-state index contributed by atoms with van der Waals surface area (Å²) in [6.45, 7) is 0.485. The van der Waals surface area contributed by atoms with Crippen molar-refractivity contribution in [1.29, 1.82) is 0 Å². The Kier molecular flexibility index (Phi) is 4.52. The van der Waals surface area contributed by atoms with E-state index in [4.69, 9.17) is 8.92 Å². The normalized spacial score (nSPS) is 11.2.